The van der Waals surface area contributed by atoms with Crippen LogP contribution in [0, 0.1) is 23.6 Å². The number of halogens is 3. The lowest BCUT2D eigenvalue weighted by Gasteiger charge is -2.50. The Morgan fingerprint density at radius 1 is 0.896 bits per heavy atom. The lowest BCUT2D eigenvalue weighted by atomic mass is 9.56. The number of carboxylic acid groups (broad SMARTS) is 1. The first-order chi connectivity index (χ1) is 22.9. The molecule has 6 atom stereocenters. The van der Waals surface area contributed by atoms with Crippen LogP contribution < -0.4 is 14.5 Å². The molecule has 0 aromatic heterocycles. The summed E-state index contributed by atoms with van der Waals surface area (Å²) < 4.78 is 19.7. The molecule has 2 aliphatic heterocycles. The van der Waals surface area contributed by atoms with Crippen molar-refractivity contribution >= 4 is 64.2 Å². The van der Waals surface area contributed by atoms with E-state index in [2.05, 4.69) is 0 Å². The van der Waals surface area contributed by atoms with E-state index in [0.717, 1.165) is 21.9 Å². The number of ether oxygens (including phenoxy) is 1. The van der Waals surface area contributed by atoms with Gasteiger partial charge in [-0.3, -0.25) is 24.1 Å². The first-order valence-electron chi connectivity index (χ1n) is 15.2. The minimum atomic E-state index is -2.16. The standard InChI is InChI=1S/C35H27Cl2FN2O8/c36-34-17-25-22(12-13-24-27(25)30(43)39(29(24)42)21-5-3-4-18(16-21)31(44)45)28(23-6-1-2-7-26(23)48-15-14-41)35(34,37)33(47)40(32(34)46)20-10-8-19(38)9-11-20/h1-12,16,24-25,27-28,41H,13-15,17H2,(H,44,45)/t24-,25+,27-,28+,34+,35-/m0/s1. The van der Waals surface area contributed by atoms with E-state index in [9.17, 15) is 38.6 Å². The van der Waals surface area contributed by atoms with Crippen molar-refractivity contribution in [1.29, 1.82) is 0 Å². The van der Waals surface area contributed by atoms with Gasteiger partial charge >= 0.3 is 5.97 Å². The van der Waals surface area contributed by atoms with Crippen LogP contribution in [0.15, 0.2) is 84.4 Å². The van der Waals surface area contributed by atoms with E-state index < -0.39 is 68.8 Å². The van der Waals surface area contributed by atoms with Crippen molar-refractivity contribution in [3.8, 4) is 5.75 Å². The van der Waals surface area contributed by atoms with Gasteiger partial charge in [0.05, 0.1) is 35.4 Å². The van der Waals surface area contributed by atoms with Gasteiger partial charge in [0, 0.05) is 11.5 Å². The molecule has 7 rings (SSSR count). The first kappa shape index (κ1) is 32.0. The lowest BCUT2D eigenvalue weighted by Crippen LogP contribution is -2.60. The number of imide groups is 2. The van der Waals surface area contributed by atoms with Crippen LogP contribution in [0.2, 0.25) is 0 Å². The number of allylic oxidation sites excluding steroid dienone is 2. The monoisotopic (exact) mass is 692 g/mol. The Bertz CT molecular complexity index is 1940. The normalized spacial score (nSPS) is 29.4. The molecule has 3 aromatic rings. The Morgan fingerprint density at radius 3 is 2.33 bits per heavy atom. The number of aliphatic hydroxyl groups excluding tert-OH is 1. The molecule has 2 N–H and O–H groups in total. The number of alkyl halides is 2. The van der Waals surface area contributed by atoms with Crippen LogP contribution in [0.25, 0.3) is 0 Å². The van der Waals surface area contributed by atoms with Gasteiger partial charge in [-0.05, 0) is 67.3 Å². The second-order valence-electron chi connectivity index (χ2n) is 12.2. The van der Waals surface area contributed by atoms with Crippen LogP contribution in [0.4, 0.5) is 15.8 Å². The highest BCUT2D eigenvalue weighted by atomic mass is 35.5. The number of fused-ring (bicyclic) bond motifs is 4. The summed E-state index contributed by atoms with van der Waals surface area (Å²) in [7, 11) is 0. The fraction of sp³-hybridized carbons (Fsp3) is 0.286. The highest BCUT2D eigenvalue weighted by Crippen LogP contribution is 2.66. The molecular weight excluding hydrogens is 666 g/mol. The molecule has 2 saturated heterocycles. The number of carboxylic acids is 1. The van der Waals surface area contributed by atoms with E-state index >= 15 is 0 Å². The zero-order valence-corrected chi connectivity index (χ0v) is 26.5. The van der Waals surface area contributed by atoms with Crippen molar-refractivity contribution < 1.29 is 43.3 Å². The van der Waals surface area contributed by atoms with Gasteiger partial charge in [-0.2, -0.15) is 0 Å². The number of amides is 4. The molecule has 0 spiro atoms. The molecule has 48 heavy (non-hydrogen) atoms. The van der Waals surface area contributed by atoms with Gasteiger partial charge in [-0.25, -0.2) is 14.1 Å². The second kappa shape index (κ2) is 11.5. The Morgan fingerprint density at radius 2 is 1.62 bits per heavy atom. The van der Waals surface area contributed by atoms with Gasteiger partial charge in [0.2, 0.25) is 11.8 Å². The third-order valence-electron chi connectivity index (χ3n) is 9.83. The van der Waals surface area contributed by atoms with Gasteiger partial charge in [0.15, 0.2) is 9.75 Å². The molecule has 0 unspecified atom stereocenters. The zero-order chi connectivity index (χ0) is 34.1. The van der Waals surface area contributed by atoms with Crippen LogP contribution in [-0.2, 0) is 19.2 Å². The largest absolute Gasteiger partial charge is 0.491 e. The number of carbonyl (C=O) groups is 5. The molecular formula is C35H27Cl2FN2O8. The lowest BCUT2D eigenvalue weighted by molar-refractivity contribution is -0.125. The third kappa shape index (κ3) is 4.44. The van der Waals surface area contributed by atoms with Crippen molar-refractivity contribution in [3.05, 3.63) is 101 Å². The van der Waals surface area contributed by atoms with E-state index in [1.807, 2.05) is 0 Å². The number of aliphatic hydroxyl groups is 1. The number of carbonyl (C=O) groups excluding carboxylic acids is 4. The van der Waals surface area contributed by atoms with Crippen LogP contribution >= 0.6 is 23.2 Å². The number of aromatic carboxylic acids is 1. The Labute approximate surface area is 283 Å². The fourth-order valence-corrected chi connectivity index (χ4v) is 8.71. The first-order valence-corrected chi connectivity index (χ1v) is 16.0. The predicted octanol–water partition coefficient (Wildman–Crippen LogP) is 4.66. The third-order valence-corrected chi connectivity index (χ3v) is 11.2. The molecule has 4 aliphatic rings. The second-order valence-corrected chi connectivity index (χ2v) is 13.5. The predicted molar refractivity (Wildman–Crippen MR) is 172 cm³/mol. The highest BCUT2D eigenvalue weighted by molar-refractivity contribution is 6.58. The molecule has 0 radical (unpaired) electrons. The Hall–Kier alpha value is -4.58. The molecule has 1 saturated carbocycles. The van der Waals surface area contributed by atoms with E-state index in [-0.39, 0.29) is 48.7 Å². The molecule has 3 aromatic carbocycles. The van der Waals surface area contributed by atoms with Gasteiger partial charge in [0.25, 0.3) is 11.8 Å². The van der Waals surface area contributed by atoms with Gasteiger partial charge in [-0.15, -0.1) is 23.2 Å². The number of hydrogen-bond donors (Lipinski definition) is 2. The molecule has 246 valence electrons. The molecule has 2 aliphatic carbocycles. The van der Waals surface area contributed by atoms with Gasteiger partial charge in [-0.1, -0.05) is 35.9 Å². The molecule has 2 heterocycles. The summed E-state index contributed by atoms with van der Waals surface area (Å²) in [5.41, 5.74) is 0.938. The number of benzene rings is 3. The average molecular weight is 694 g/mol. The quantitative estimate of drug-likeness (QED) is 0.207. The van der Waals surface area contributed by atoms with Crippen molar-refractivity contribution in [2.75, 3.05) is 23.0 Å². The molecule has 10 nitrogen and oxygen atoms in total. The smallest absolute Gasteiger partial charge is 0.335 e. The van der Waals surface area contributed by atoms with Crippen molar-refractivity contribution in [2.24, 2.45) is 17.8 Å². The molecule has 0 bridgehead atoms. The number of anilines is 2. The summed E-state index contributed by atoms with van der Waals surface area (Å²) in [6, 6.07) is 16.9. The molecule has 13 heteroatoms. The Kier molecular flexibility index (Phi) is 7.69. The van der Waals surface area contributed by atoms with Crippen LogP contribution in [-0.4, -0.2) is 62.8 Å². The van der Waals surface area contributed by atoms with Gasteiger partial charge in [0.1, 0.15) is 18.2 Å². The summed E-state index contributed by atoms with van der Waals surface area (Å²) in [5, 5.41) is 19.0. The zero-order valence-electron chi connectivity index (χ0n) is 25.0. The number of para-hydroxylation sites is 1. The average Bonchev–Trinajstić information content (AvgIpc) is 3.42. The van der Waals surface area contributed by atoms with Crippen molar-refractivity contribution in [1.82, 2.24) is 0 Å². The Balaban J connectivity index is 1.39. The summed E-state index contributed by atoms with van der Waals surface area (Å²) in [6.45, 7) is -0.408. The topological polar surface area (TPSA) is 142 Å². The van der Waals surface area contributed by atoms with Crippen molar-refractivity contribution in [3.63, 3.8) is 0 Å². The molecule has 3 fully saturated rings. The summed E-state index contributed by atoms with van der Waals surface area (Å²) in [4.78, 5) is 66.2. The summed E-state index contributed by atoms with van der Waals surface area (Å²) >= 11 is 14.8. The maximum atomic E-state index is 14.5. The summed E-state index contributed by atoms with van der Waals surface area (Å²) in [6.07, 6.45) is 1.57. The van der Waals surface area contributed by atoms with Crippen molar-refractivity contribution in [2.45, 2.75) is 28.5 Å². The van der Waals surface area contributed by atoms with Crippen LogP contribution in [0.1, 0.15) is 34.7 Å². The van der Waals surface area contributed by atoms with E-state index in [0.29, 0.717) is 11.1 Å². The van der Waals surface area contributed by atoms with Gasteiger partial charge < -0.3 is 14.9 Å². The number of nitrogens with zero attached hydrogens (tertiary/aromatic N) is 2. The van der Waals surface area contributed by atoms with Crippen LogP contribution in [0.3, 0.4) is 0 Å². The number of hydrogen-bond acceptors (Lipinski definition) is 7. The van der Waals surface area contributed by atoms with E-state index in [4.69, 9.17) is 27.9 Å². The number of rotatable bonds is 7. The SMILES string of the molecule is O=C(O)c1cccc(N2C(=O)[C@H]3[C@H](CC=C4[C@H]3C[C@@]3(Cl)C(=O)N(c5ccc(F)cc5)C(=O)[C@@]3(Cl)[C@H]4c3ccccc3OCCO)C2=O)c1. The molecule has 4 amide bonds. The minimum absolute atomic E-state index is 0.0517. The maximum absolute atomic E-state index is 14.5. The van der Waals surface area contributed by atoms with E-state index in [1.165, 1.54) is 36.4 Å². The highest BCUT2D eigenvalue weighted by Gasteiger charge is 2.77. The van der Waals surface area contributed by atoms with E-state index in [1.54, 1.807) is 30.3 Å². The summed E-state index contributed by atoms with van der Waals surface area (Å²) in [5.74, 6) is -8.25. The van der Waals surface area contributed by atoms with Crippen LogP contribution in [0.5, 0.6) is 5.75 Å². The fourth-order valence-electron chi connectivity index (χ4n) is 7.78. The maximum Gasteiger partial charge on any atom is 0.335 e. The minimum Gasteiger partial charge on any atom is -0.491 e.